The van der Waals surface area contributed by atoms with E-state index < -0.39 is 0 Å². The van der Waals surface area contributed by atoms with Crippen molar-refractivity contribution in [2.24, 2.45) is 5.92 Å². The normalized spacial score (nSPS) is 23.1. The van der Waals surface area contributed by atoms with Crippen molar-refractivity contribution in [2.75, 3.05) is 18.4 Å². The molecule has 5 nitrogen and oxygen atoms in total. The van der Waals surface area contributed by atoms with Crippen LogP contribution < -0.4 is 10.6 Å². The van der Waals surface area contributed by atoms with Crippen molar-refractivity contribution in [1.82, 2.24) is 20.3 Å². The van der Waals surface area contributed by atoms with Gasteiger partial charge >= 0.3 is 0 Å². The number of aromatic amines is 1. The molecule has 2 fully saturated rings. The van der Waals surface area contributed by atoms with Crippen molar-refractivity contribution in [3.8, 4) is 0 Å². The molecule has 1 atom stereocenters. The highest BCUT2D eigenvalue weighted by molar-refractivity contribution is 5.90. The second-order valence-corrected chi connectivity index (χ2v) is 6.09. The van der Waals surface area contributed by atoms with Gasteiger partial charge in [-0.05, 0) is 50.1 Å². The number of hydrogen-bond acceptors (Lipinski definition) is 4. The second-order valence-electron chi connectivity index (χ2n) is 6.09. The Bertz CT molecular complexity index is 595. The maximum absolute atomic E-state index is 4.49. The molecular formula is C15H21N5. The van der Waals surface area contributed by atoms with E-state index in [-0.39, 0.29) is 0 Å². The van der Waals surface area contributed by atoms with E-state index in [1.807, 2.05) is 0 Å². The van der Waals surface area contributed by atoms with Crippen molar-refractivity contribution in [2.45, 2.75) is 38.1 Å². The van der Waals surface area contributed by atoms with Gasteiger partial charge < -0.3 is 15.6 Å². The summed E-state index contributed by atoms with van der Waals surface area (Å²) >= 11 is 0. The van der Waals surface area contributed by atoms with Gasteiger partial charge in [0.2, 0.25) is 0 Å². The third-order valence-electron chi connectivity index (χ3n) is 4.39. The van der Waals surface area contributed by atoms with Gasteiger partial charge in [0.05, 0.1) is 5.39 Å². The molecule has 1 aliphatic heterocycles. The first-order valence-corrected chi connectivity index (χ1v) is 7.68. The number of piperidine rings is 1. The number of nitrogens with zero attached hydrogens (tertiary/aromatic N) is 2. The van der Waals surface area contributed by atoms with Gasteiger partial charge in [0.15, 0.2) is 0 Å². The van der Waals surface area contributed by atoms with Crippen molar-refractivity contribution in [3.63, 3.8) is 0 Å². The van der Waals surface area contributed by atoms with Gasteiger partial charge in [-0.25, -0.2) is 9.97 Å². The second kappa shape index (κ2) is 5.05. The molecule has 20 heavy (non-hydrogen) atoms. The van der Waals surface area contributed by atoms with Gasteiger partial charge in [-0.15, -0.1) is 0 Å². The Morgan fingerprint density at radius 1 is 1.25 bits per heavy atom. The van der Waals surface area contributed by atoms with Crippen molar-refractivity contribution in [3.05, 3.63) is 18.1 Å². The fraction of sp³-hybridized carbons (Fsp3) is 0.600. The molecule has 1 saturated carbocycles. The maximum atomic E-state index is 4.49. The van der Waals surface area contributed by atoms with Gasteiger partial charge in [-0.2, -0.15) is 0 Å². The largest absolute Gasteiger partial charge is 0.365 e. The highest BCUT2D eigenvalue weighted by Gasteiger charge is 2.24. The summed E-state index contributed by atoms with van der Waals surface area (Å²) in [5.74, 6) is 1.87. The van der Waals surface area contributed by atoms with Crippen LogP contribution in [0.1, 0.15) is 31.2 Å². The lowest BCUT2D eigenvalue weighted by Gasteiger charge is -2.24. The molecule has 0 aromatic carbocycles. The summed E-state index contributed by atoms with van der Waals surface area (Å²) in [7, 11) is 0. The lowest BCUT2D eigenvalue weighted by molar-refractivity contribution is 0.479. The molecule has 3 N–H and O–H groups in total. The van der Waals surface area contributed by atoms with Crippen LogP contribution >= 0.6 is 0 Å². The Hall–Kier alpha value is -1.62. The van der Waals surface area contributed by atoms with E-state index in [1.54, 1.807) is 6.33 Å². The molecular weight excluding hydrogens is 250 g/mol. The number of aromatic nitrogens is 3. The molecule has 0 bridgehead atoms. The molecule has 2 aromatic rings. The third kappa shape index (κ3) is 2.38. The van der Waals surface area contributed by atoms with Gasteiger partial charge in [0.1, 0.15) is 17.8 Å². The van der Waals surface area contributed by atoms with Crippen LogP contribution in [0.3, 0.4) is 0 Å². The van der Waals surface area contributed by atoms with E-state index in [0.29, 0.717) is 6.04 Å². The first-order valence-electron chi connectivity index (χ1n) is 7.68. The zero-order chi connectivity index (χ0) is 13.4. The van der Waals surface area contributed by atoms with E-state index in [4.69, 9.17) is 0 Å². The summed E-state index contributed by atoms with van der Waals surface area (Å²) in [5, 5.41) is 8.25. The van der Waals surface area contributed by atoms with Gasteiger partial charge in [0, 0.05) is 18.8 Å². The topological polar surface area (TPSA) is 65.6 Å². The third-order valence-corrected chi connectivity index (χ3v) is 4.39. The fourth-order valence-corrected chi connectivity index (χ4v) is 3.10. The van der Waals surface area contributed by atoms with Crippen LogP contribution in [0.2, 0.25) is 0 Å². The molecule has 0 amide bonds. The summed E-state index contributed by atoms with van der Waals surface area (Å²) in [6.07, 6.45) is 10.1. The van der Waals surface area contributed by atoms with E-state index in [0.717, 1.165) is 36.9 Å². The number of nitrogens with one attached hydrogen (secondary N) is 3. The van der Waals surface area contributed by atoms with Crippen molar-refractivity contribution in [1.29, 1.82) is 0 Å². The number of rotatable bonds is 4. The molecule has 1 saturated heterocycles. The minimum Gasteiger partial charge on any atom is -0.365 e. The molecule has 5 heteroatoms. The Kier molecular flexibility index (Phi) is 3.07. The first kappa shape index (κ1) is 12.1. The lowest BCUT2D eigenvalue weighted by Crippen LogP contribution is -2.38. The van der Waals surface area contributed by atoms with Gasteiger partial charge in [-0.3, -0.25) is 0 Å². The zero-order valence-corrected chi connectivity index (χ0v) is 11.7. The Labute approximate surface area is 118 Å². The molecule has 3 heterocycles. The number of H-pyrrole nitrogens is 1. The highest BCUT2D eigenvalue weighted by atomic mass is 15.1. The molecule has 0 spiro atoms. The van der Waals surface area contributed by atoms with Crippen LogP contribution in [0.15, 0.2) is 12.5 Å². The minimum atomic E-state index is 0.477. The van der Waals surface area contributed by atoms with E-state index in [9.17, 15) is 0 Å². The van der Waals surface area contributed by atoms with Crippen LogP contribution in [0, 0.1) is 5.92 Å². The van der Waals surface area contributed by atoms with E-state index >= 15 is 0 Å². The monoisotopic (exact) mass is 271 g/mol. The quantitative estimate of drug-likeness (QED) is 0.796. The zero-order valence-electron chi connectivity index (χ0n) is 11.7. The number of hydrogen-bond donors (Lipinski definition) is 3. The smallest absolute Gasteiger partial charge is 0.143 e. The van der Waals surface area contributed by atoms with Crippen molar-refractivity contribution >= 4 is 16.9 Å². The van der Waals surface area contributed by atoms with Crippen LogP contribution in [0.25, 0.3) is 11.0 Å². The summed E-state index contributed by atoms with van der Waals surface area (Å²) in [5.41, 5.74) is 2.33. The Balaban J connectivity index is 1.64. The Morgan fingerprint density at radius 2 is 2.20 bits per heavy atom. The molecule has 2 aliphatic rings. The van der Waals surface area contributed by atoms with Gasteiger partial charge in [-0.1, -0.05) is 0 Å². The van der Waals surface area contributed by atoms with Crippen LogP contribution in [0.4, 0.5) is 5.82 Å². The van der Waals surface area contributed by atoms with E-state index in [2.05, 4.69) is 31.8 Å². The molecule has 1 unspecified atom stereocenters. The molecule has 1 aliphatic carbocycles. The predicted molar refractivity (Wildman–Crippen MR) is 79.8 cm³/mol. The van der Waals surface area contributed by atoms with Crippen LogP contribution in [0.5, 0.6) is 0 Å². The van der Waals surface area contributed by atoms with E-state index in [1.165, 1.54) is 36.6 Å². The van der Waals surface area contributed by atoms with Crippen LogP contribution in [-0.2, 0) is 6.42 Å². The number of fused-ring (bicyclic) bond motifs is 1. The standard InChI is InChI=1S/C15H21N5/c1-2-12(8-16-5-1)20-15-13-11(6-10-3-4-10)7-17-14(13)18-9-19-15/h7,9-10,12,16H,1-6,8H2,(H2,17,18,19,20). The predicted octanol–water partition coefficient (Wildman–Crippen LogP) is 2.07. The lowest BCUT2D eigenvalue weighted by atomic mass is 10.1. The van der Waals surface area contributed by atoms with Crippen molar-refractivity contribution < 1.29 is 0 Å². The first-order chi connectivity index (χ1) is 9.90. The molecule has 2 aromatic heterocycles. The average Bonchev–Trinajstić information content (AvgIpc) is 3.20. The highest BCUT2D eigenvalue weighted by Crippen LogP contribution is 2.35. The minimum absolute atomic E-state index is 0.477. The Morgan fingerprint density at radius 3 is 3.00 bits per heavy atom. The SMILES string of the molecule is c1nc(NC2CCCNC2)c2c(CC3CC3)c[nH]c2n1. The molecule has 0 radical (unpaired) electrons. The summed E-state index contributed by atoms with van der Waals surface area (Å²) in [4.78, 5) is 12.1. The summed E-state index contributed by atoms with van der Waals surface area (Å²) in [6.45, 7) is 2.16. The molecule has 106 valence electrons. The fourth-order valence-electron chi connectivity index (χ4n) is 3.10. The van der Waals surface area contributed by atoms with Crippen LogP contribution in [-0.4, -0.2) is 34.1 Å². The molecule has 4 rings (SSSR count). The maximum Gasteiger partial charge on any atom is 0.143 e. The number of anilines is 1. The average molecular weight is 271 g/mol. The summed E-state index contributed by atoms with van der Waals surface area (Å²) in [6, 6.07) is 0.477. The summed E-state index contributed by atoms with van der Waals surface area (Å²) < 4.78 is 0. The van der Waals surface area contributed by atoms with Gasteiger partial charge in [0.25, 0.3) is 0 Å².